The van der Waals surface area contributed by atoms with E-state index in [4.69, 9.17) is 0 Å². The molecule has 20 heavy (non-hydrogen) atoms. The van der Waals surface area contributed by atoms with Gasteiger partial charge in [-0.3, -0.25) is 9.59 Å². The molecule has 1 aliphatic rings. The summed E-state index contributed by atoms with van der Waals surface area (Å²) in [5.41, 5.74) is 1.08. The minimum absolute atomic E-state index is 0.120. The van der Waals surface area contributed by atoms with Crippen LogP contribution in [0.1, 0.15) is 36.5 Å². The lowest BCUT2D eigenvalue weighted by molar-refractivity contribution is -0.115. The molecule has 2 rings (SSSR count). The molecule has 0 unspecified atom stereocenters. The second-order valence-corrected chi connectivity index (χ2v) is 5.02. The van der Waals surface area contributed by atoms with E-state index in [0.29, 0.717) is 17.3 Å². The first-order valence-corrected chi connectivity index (χ1v) is 7.11. The number of carbonyl (C=O) groups is 2. The van der Waals surface area contributed by atoms with E-state index >= 15 is 0 Å². The predicted octanol–water partition coefficient (Wildman–Crippen LogP) is 1.52. The van der Waals surface area contributed by atoms with Crippen molar-refractivity contribution in [2.24, 2.45) is 0 Å². The standard InChI is InChI=1S/C15H21N3O2/c1-2-9-16-10-14(19)18-13-6-4-3-5-12(13)15(20)17-11-7-8-11/h3-6,11,16H,2,7-10H2,1H3,(H,17,20)(H,18,19). The fraction of sp³-hybridized carbons (Fsp3) is 0.467. The van der Waals surface area contributed by atoms with Crippen LogP contribution in [0.25, 0.3) is 0 Å². The summed E-state index contributed by atoms with van der Waals surface area (Å²) >= 11 is 0. The Morgan fingerprint density at radius 1 is 1.25 bits per heavy atom. The molecule has 1 saturated carbocycles. The van der Waals surface area contributed by atoms with E-state index in [0.717, 1.165) is 25.8 Å². The van der Waals surface area contributed by atoms with Gasteiger partial charge in [0.1, 0.15) is 0 Å². The Morgan fingerprint density at radius 2 is 2.00 bits per heavy atom. The third kappa shape index (κ3) is 4.35. The highest BCUT2D eigenvalue weighted by molar-refractivity contribution is 6.04. The molecule has 0 radical (unpaired) electrons. The van der Waals surface area contributed by atoms with Crippen LogP contribution in [0.5, 0.6) is 0 Å². The zero-order valence-corrected chi connectivity index (χ0v) is 11.7. The van der Waals surface area contributed by atoms with E-state index in [1.165, 1.54) is 0 Å². The van der Waals surface area contributed by atoms with Crippen molar-refractivity contribution >= 4 is 17.5 Å². The van der Waals surface area contributed by atoms with Crippen LogP contribution < -0.4 is 16.0 Å². The Bertz CT molecular complexity index is 484. The van der Waals surface area contributed by atoms with Crippen molar-refractivity contribution in [3.63, 3.8) is 0 Å². The van der Waals surface area contributed by atoms with Crippen molar-refractivity contribution in [3.8, 4) is 0 Å². The number of benzene rings is 1. The first-order valence-electron chi connectivity index (χ1n) is 7.11. The van der Waals surface area contributed by atoms with Gasteiger partial charge in [0.05, 0.1) is 17.8 Å². The summed E-state index contributed by atoms with van der Waals surface area (Å²) in [4.78, 5) is 23.9. The maximum absolute atomic E-state index is 12.1. The summed E-state index contributed by atoms with van der Waals surface area (Å²) in [6.07, 6.45) is 3.07. The second-order valence-electron chi connectivity index (χ2n) is 5.02. The predicted molar refractivity (Wildman–Crippen MR) is 78.7 cm³/mol. The van der Waals surface area contributed by atoms with Crippen molar-refractivity contribution in [2.75, 3.05) is 18.4 Å². The molecule has 1 aromatic carbocycles. The molecule has 5 nitrogen and oxygen atoms in total. The summed E-state index contributed by atoms with van der Waals surface area (Å²) in [6.45, 7) is 3.10. The molecule has 0 bridgehead atoms. The molecular formula is C15H21N3O2. The number of hydrogen-bond donors (Lipinski definition) is 3. The van der Waals surface area contributed by atoms with Crippen LogP contribution in [0.4, 0.5) is 5.69 Å². The van der Waals surface area contributed by atoms with Crippen LogP contribution in [-0.2, 0) is 4.79 Å². The summed E-state index contributed by atoms with van der Waals surface area (Å²) in [6, 6.07) is 7.39. The van der Waals surface area contributed by atoms with Crippen LogP contribution in [0.15, 0.2) is 24.3 Å². The van der Waals surface area contributed by atoms with Crippen molar-refractivity contribution in [2.45, 2.75) is 32.2 Å². The molecule has 1 fully saturated rings. The summed E-state index contributed by atoms with van der Waals surface area (Å²) in [7, 11) is 0. The van der Waals surface area contributed by atoms with Gasteiger partial charge < -0.3 is 16.0 Å². The number of nitrogens with one attached hydrogen (secondary N) is 3. The van der Waals surface area contributed by atoms with Crippen LogP contribution >= 0.6 is 0 Å². The normalized spacial score (nSPS) is 13.8. The number of carbonyl (C=O) groups excluding carboxylic acids is 2. The zero-order valence-electron chi connectivity index (χ0n) is 11.7. The quantitative estimate of drug-likeness (QED) is 0.661. The van der Waals surface area contributed by atoms with E-state index < -0.39 is 0 Å². The van der Waals surface area contributed by atoms with Gasteiger partial charge in [0, 0.05) is 6.04 Å². The number of amides is 2. The summed E-state index contributed by atoms with van der Waals surface area (Å²) < 4.78 is 0. The van der Waals surface area contributed by atoms with Gasteiger partial charge in [-0.05, 0) is 37.9 Å². The third-order valence-electron chi connectivity index (χ3n) is 3.07. The minimum atomic E-state index is -0.134. The minimum Gasteiger partial charge on any atom is -0.349 e. The van der Waals surface area contributed by atoms with E-state index in [2.05, 4.69) is 16.0 Å². The van der Waals surface area contributed by atoms with Gasteiger partial charge in [-0.25, -0.2) is 0 Å². The number of rotatable bonds is 7. The van der Waals surface area contributed by atoms with Crippen LogP contribution in [0, 0.1) is 0 Å². The van der Waals surface area contributed by atoms with Gasteiger partial charge in [-0.2, -0.15) is 0 Å². The van der Waals surface area contributed by atoms with Crippen LogP contribution in [-0.4, -0.2) is 30.9 Å². The second kappa shape index (κ2) is 7.05. The number of hydrogen-bond acceptors (Lipinski definition) is 3. The van der Waals surface area contributed by atoms with Gasteiger partial charge in [-0.15, -0.1) is 0 Å². The van der Waals surface area contributed by atoms with Gasteiger partial charge in [0.2, 0.25) is 5.91 Å². The zero-order chi connectivity index (χ0) is 14.4. The molecule has 2 amide bonds. The Hall–Kier alpha value is -1.88. The fourth-order valence-corrected chi connectivity index (χ4v) is 1.85. The topological polar surface area (TPSA) is 70.2 Å². The molecule has 1 aromatic rings. The molecule has 0 saturated heterocycles. The maximum atomic E-state index is 12.1. The van der Waals surface area contributed by atoms with Crippen molar-refractivity contribution in [1.82, 2.24) is 10.6 Å². The van der Waals surface area contributed by atoms with Gasteiger partial charge in [0.25, 0.3) is 5.91 Å². The van der Waals surface area contributed by atoms with E-state index in [1.54, 1.807) is 18.2 Å². The van der Waals surface area contributed by atoms with E-state index in [9.17, 15) is 9.59 Å². The van der Waals surface area contributed by atoms with Crippen molar-refractivity contribution in [1.29, 1.82) is 0 Å². The molecule has 0 heterocycles. The van der Waals surface area contributed by atoms with E-state index in [1.807, 2.05) is 13.0 Å². The number of anilines is 1. The van der Waals surface area contributed by atoms with Gasteiger partial charge in [-0.1, -0.05) is 19.1 Å². The number of para-hydroxylation sites is 1. The van der Waals surface area contributed by atoms with Crippen molar-refractivity contribution < 1.29 is 9.59 Å². The molecule has 1 aliphatic carbocycles. The van der Waals surface area contributed by atoms with Crippen molar-refractivity contribution in [3.05, 3.63) is 29.8 Å². The maximum Gasteiger partial charge on any atom is 0.253 e. The highest BCUT2D eigenvalue weighted by atomic mass is 16.2. The molecule has 0 atom stereocenters. The molecular weight excluding hydrogens is 254 g/mol. The first-order chi connectivity index (χ1) is 9.70. The Balaban J connectivity index is 1.95. The van der Waals surface area contributed by atoms with Gasteiger partial charge >= 0.3 is 0 Å². The highest BCUT2D eigenvalue weighted by Gasteiger charge is 2.24. The molecule has 5 heteroatoms. The SMILES string of the molecule is CCCNCC(=O)Nc1ccccc1C(=O)NC1CC1. The summed E-state index contributed by atoms with van der Waals surface area (Å²) in [5.74, 6) is -0.255. The molecule has 0 aliphatic heterocycles. The molecule has 0 spiro atoms. The Labute approximate surface area is 119 Å². The van der Waals surface area contributed by atoms with Gasteiger partial charge in [0.15, 0.2) is 0 Å². The third-order valence-corrected chi connectivity index (χ3v) is 3.07. The lowest BCUT2D eigenvalue weighted by Gasteiger charge is -2.11. The lowest BCUT2D eigenvalue weighted by atomic mass is 10.1. The monoisotopic (exact) mass is 275 g/mol. The largest absolute Gasteiger partial charge is 0.349 e. The van der Waals surface area contributed by atoms with E-state index in [-0.39, 0.29) is 18.4 Å². The average molecular weight is 275 g/mol. The Morgan fingerprint density at radius 3 is 2.70 bits per heavy atom. The van der Waals surface area contributed by atoms with Crippen LogP contribution in [0.2, 0.25) is 0 Å². The first kappa shape index (κ1) is 14.5. The highest BCUT2D eigenvalue weighted by Crippen LogP contribution is 2.21. The Kier molecular flexibility index (Phi) is 5.12. The smallest absolute Gasteiger partial charge is 0.253 e. The molecule has 3 N–H and O–H groups in total. The van der Waals surface area contributed by atoms with Crippen LogP contribution in [0.3, 0.4) is 0 Å². The molecule has 0 aromatic heterocycles. The lowest BCUT2D eigenvalue weighted by Crippen LogP contribution is -2.30. The summed E-state index contributed by atoms with van der Waals surface area (Å²) in [5, 5.41) is 8.75. The fourth-order valence-electron chi connectivity index (χ4n) is 1.85. The average Bonchev–Trinajstić information content (AvgIpc) is 3.23. The molecule has 108 valence electrons.